The summed E-state index contributed by atoms with van der Waals surface area (Å²) in [5, 5.41) is 28.9. The molecule has 0 saturated carbocycles. The highest BCUT2D eigenvalue weighted by Crippen LogP contribution is 2.40. The van der Waals surface area contributed by atoms with Crippen LogP contribution in [0, 0.1) is 24.8 Å². The topological polar surface area (TPSA) is 104 Å². The van der Waals surface area contributed by atoms with E-state index < -0.39 is 5.60 Å². The zero-order valence-electron chi connectivity index (χ0n) is 21.4. The number of para-hydroxylation sites is 1. The highest BCUT2D eigenvalue weighted by Gasteiger charge is 2.33. The maximum atomic E-state index is 12.5. The fourth-order valence-electron chi connectivity index (χ4n) is 4.92. The lowest BCUT2D eigenvalue weighted by molar-refractivity contribution is -0.149. The molecule has 1 amide bonds. The van der Waals surface area contributed by atoms with Crippen molar-refractivity contribution in [1.82, 2.24) is 24.3 Å². The Bertz CT molecular complexity index is 1610. The van der Waals surface area contributed by atoms with Gasteiger partial charge in [-0.1, -0.05) is 36.0 Å². The summed E-state index contributed by atoms with van der Waals surface area (Å²) in [7, 11) is 0. The minimum atomic E-state index is -1.37. The van der Waals surface area contributed by atoms with Gasteiger partial charge in [-0.25, -0.2) is 9.36 Å². The highest BCUT2D eigenvalue weighted by atomic mass is 32.2. The Labute approximate surface area is 225 Å². The second-order valence-electron chi connectivity index (χ2n) is 9.91. The number of aromatic nitrogens is 4. The molecule has 4 heterocycles. The first kappa shape index (κ1) is 25.5. The molecule has 1 saturated heterocycles. The molecule has 1 aliphatic heterocycles. The van der Waals surface area contributed by atoms with Gasteiger partial charge in [-0.15, -0.1) is 0 Å². The van der Waals surface area contributed by atoms with E-state index in [1.54, 1.807) is 21.7 Å². The molecule has 0 bridgehead atoms. The normalized spacial score (nSPS) is 14.4. The Morgan fingerprint density at radius 2 is 1.95 bits per heavy atom. The van der Waals surface area contributed by atoms with Gasteiger partial charge in [-0.3, -0.25) is 9.48 Å². The van der Waals surface area contributed by atoms with E-state index >= 15 is 0 Å². The molecule has 0 radical (unpaired) electrons. The first-order valence-corrected chi connectivity index (χ1v) is 13.1. The third-order valence-electron chi connectivity index (χ3n) is 6.88. The molecule has 9 nitrogen and oxygen atoms in total. The lowest BCUT2D eigenvalue weighted by Crippen LogP contribution is -2.48. The zero-order valence-corrected chi connectivity index (χ0v) is 22.2. The molecule has 192 valence electrons. The summed E-state index contributed by atoms with van der Waals surface area (Å²) in [5.41, 5.74) is 3.22. The summed E-state index contributed by atoms with van der Waals surface area (Å²) in [6.07, 6.45) is 6.81. The van der Waals surface area contributed by atoms with Gasteiger partial charge in [-0.05, 0) is 39.7 Å². The average molecular weight is 526 g/mol. The Morgan fingerprint density at radius 3 is 2.63 bits per heavy atom. The van der Waals surface area contributed by atoms with E-state index in [2.05, 4.69) is 16.0 Å². The summed E-state index contributed by atoms with van der Waals surface area (Å²) < 4.78 is 3.74. The molecule has 38 heavy (non-hydrogen) atoms. The SMILES string of the molecule is [C-]#[N+]c1ccccc1Sc1cc(-c2cnn(C3CCN(C(=O)C(C)(C)O)CC3)c2C)cn2ncc(C#N)c12. The standard InChI is InChI=1S/C28H27N7O2S/c1-18-22(16-32-35(18)21-9-11-33(12-10-21)27(36)28(2,3)37)19-13-25(26-20(14-29)15-31-34(26)17-19)38-24-8-6-5-7-23(24)30-4/h5-8,13,15-17,21,37H,9-12H2,1-3H3. The Morgan fingerprint density at radius 1 is 1.21 bits per heavy atom. The summed E-state index contributed by atoms with van der Waals surface area (Å²) in [6.45, 7) is 13.7. The van der Waals surface area contributed by atoms with Crippen LogP contribution in [0.4, 0.5) is 5.69 Å². The number of hydrogen-bond acceptors (Lipinski definition) is 6. The first-order chi connectivity index (χ1) is 18.2. The number of carbonyl (C=O) groups is 1. The van der Waals surface area contributed by atoms with Gasteiger partial charge in [0.15, 0.2) is 0 Å². The average Bonchev–Trinajstić information content (AvgIpc) is 3.51. The molecule has 4 aromatic rings. The summed E-state index contributed by atoms with van der Waals surface area (Å²) in [5.74, 6) is -0.247. The van der Waals surface area contributed by atoms with E-state index in [-0.39, 0.29) is 11.9 Å². The van der Waals surface area contributed by atoms with Crippen LogP contribution in [0.15, 0.2) is 58.7 Å². The van der Waals surface area contributed by atoms with Crippen LogP contribution >= 0.6 is 11.8 Å². The van der Waals surface area contributed by atoms with Crippen molar-refractivity contribution in [3.63, 3.8) is 0 Å². The Kier molecular flexibility index (Phi) is 6.70. The fraction of sp³-hybridized carbons (Fsp3) is 0.321. The predicted molar refractivity (Wildman–Crippen MR) is 144 cm³/mol. The molecule has 0 aliphatic carbocycles. The van der Waals surface area contributed by atoms with E-state index in [0.29, 0.717) is 29.9 Å². The molecule has 5 rings (SSSR count). The quantitative estimate of drug-likeness (QED) is 0.367. The minimum Gasteiger partial charge on any atom is -0.381 e. The van der Waals surface area contributed by atoms with Gasteiger partial charge >= 0.3 is 0 Å². The number of rotatable bonds is 5. The van der Waals surface area contributed by atoms with Gasteiger partial charge in [0.1, 0.15) is 11.7 Å². The van der Waals surface area contributed by atoms with E-state index in [0.717, 1.165) is 39.5 Å². The molecule has 1 N–H and O–H groups in total. The molecular formula is C28H27N7O2S. The maximum absolute atomic E-state index is 12.5. The Hall–Kier alpha value is -4.12. The number of hydrogen-bond donors (Lipinski definition) is 1. The van der Waals surface area contributed by atoms with Crippen LogP contribution < -0.4 is 0 Å². The van der Waals surface area contributed by atoms with Crippen LogP contribution in [0.5, 0.6) is 0 Å². The van der Waals surface area contributed by atoms with Gasteiger partial charge in [0.05, 0.1) is 36.1 Å². The van der Waals surface area contributed by atoms with Crippen molar-refractivity contribution in [3.8, 4) is 17.2 Å². The predicted octanol–water partition coefficient (Wildman–Crippen LogP) is 5.01. The zero-order chi connectivity index (χ0) is 27.0. The third kappa shape index (κ3) is 4.65. The van der Waals surface area contributed by atoms with E-state index in [4.69, 9.17) is 11.7 Å². The minimum absolute atomic E-state index is 0.146. The number of fused-ring (bicyclic) bond motifs is 1. The maximum Gasteiger partial charge on any atom is 0.253 e. The fourth-order valence-corrected chi connectivity index (χ4v) is 6.01. The van der Waals surface area contributed by atoms with Crippen molar-refractivity contribution in [3.05, 3.63) is 71.6 Å². The summed E-state index contributed by atoms with van der Waals surface area (Å²) in [4.78, 5) is 19.5. The van der Waals surface area contributed by atoms with Gasteiger partial charge < -0.3 is 10.0 Å². The van der Waals surface area contributed by atoms with Crippen LogP contribution in [0.25, 0.3) is 21.5 Å². The number of piperidine rings is 1. The lowest BCUT2D eigenvalue weighted by atomic mass is 10.0. The molecular weight excluding hydrogens is 498 g/mol. The largest absolute Gasteiger partial charge is 0.381 e. The van der Waals surface area contributed by atoms with Crippen molar-refractivity contribution in [2.75, 3.05) is 13.1 Å². The van der Waals surface area contributed by atoms with Crippen LogP contribution in [0.2, 0.25) is 0 Å². The van der Waals surface area contributed by atoms with Crippen molar-refractivity contribution in [2.24, 2.45) is 0 Å². The molecule has 1 aromatic carbocycles. The van der Waals surface area contributed by atoms with Gasteiger partial charge in [-0.2, -0.15) is 15.5 Å². The number of carbonyl (C=O) groups excluding carboxylic acids is 1. The second kappa shape index (κ2) is 9.97. The summed E-state index contributed by atoms with van der Waals surface area (Å²) >= 11 is 1.45. The van der Waals surface area contributed by atoms with Crippen molar-refractivity contribution >= 4 is 28.9 Å². The third-order valence-corrected chi connectivity index (χ3v) is 7.98. The van der Waals surface area contributed by atoms with Crippen LogP contribution in [-0.4, -0.2) is 54.0 Å². The molecule has 0 spiro atoms. The van der Waals surface area contributed by atoms with Gasteiger partial charge in [0, 0.05) is 45.9 Å². The number of amides is 1. The molecule has 0 atom stereocenters. The number of pyridine rings is 1. The van der Waals surface area contributed by atoms with Gasteiger partial charge in [0.25, 0.3) is 5.91 Å². The van der Waals surface area contributed by atoms with Crippen molar-refractivity contribution in [1.29, 1.82) is 5.26 Å². The van der Waals surface area contributed by atoms with E-state index in [1.165, 1.54) is 25.6 Å². The monoisotopic (exact) mass is 525 g/mol. The number of nitriles is 1. The van der Waals surface area contributed by atoms with Crippen LogP contribution in [0.3, 0.4) is 0 Å². The molecule has 0 unspecified atom stereocenters. The second-order valence-corrected chi connectivity index (χ2v) is 11.0. The molecule has 10 heteroatoms. The van der Waals surface area contributed by atoms with E-state index in [9.17, 15) is 15.2 Å². The van der Waals surface area contributed by atoms with Crippen molar-refractivity contribution in [2.45, 2.75) is 55.0 Å². The molecule has 1 fully saturated rings. The van der Waals surface area contributed by atoms with Crippen molar-refractivity contribution < 1.29 is 9.90 Å². The van der Waals surface area contributed by atoms with E-state index in [1.807, 2.05) is 48.3 Å². The number of benzene rings is 1. The number of likely N-dealkylation sites (tertiary alicyclic amines) is 1. The van der Waals surface area contributed by atoms with Crippen LogP contribution in [0.1, 0.15) is 44.0 Å². The molecule has 3 aromatic heterocycles. The van der Waals surface area contributed by atoms with Crippen LogP contribution in [-0.2, 0) is 4.79 Å². The Balaban J connectivity index is 1.48. The molecule has 1 aliphatic rings. The summed E-state index contributed by atoms with van der Waals surface area (Å²) in [6, 6.07) is 11.8. The van der Waals surface area contributed by atoms with Gasteiger partial charge in [0.2, 0.25) is 5.69 Å². The lowest BCUT2D eigenvalue weighted by Gasteiger charge is -2.35. The number of aliphatic hydroxyl groups is 1. The highest BCUT2D eigenvalue weighted by molar-refractivity contribution is 7.99. The number of nitrogens with zero attached hydrogens (tertiary/aromatic N) is 7. The smallest absolute Gasteiger partial charge is 0.253 e. The first-order valence-electron chi connectivity index (χ1n) is 12.3.